The third-order valence-corrected chi connectivity index (χ3v) is 3.14. The van der Waals surface area contributed by atoms with Crippen molar-refractivity contribution in [3.8, 4) is 0 Å². The molecule has 0 saturated heterocycles. The van der Waals surface area contributed by atoms with Gasteiger partial charge in [-0.2, -0.15) is 0 Å². The number of carbonyl (C=O) groups is 1. The molecule has 3 nitrogen and oxygen atoms in total. The average Bonchev–Trinajstić information content (AvgIpc) is 2.41. The maximum atomic E-state index is 13.4. The van der Waals surface area contributed by atoms with Gasteiger partial charge in [0, 0.05) is 5.02 Å². The Balaban J connectivity index is 1.99. The first kappa shape index (κ1) is 15.5. The van der Waals surface area contributed by atoms with Gasteiger partial charge in [0.1, 0.15) is 17.3 Å². The van der Waals surface area contributed by atoms with Gasteiger partial charge in [0.2, 0.25) is 5.91 Å². The van der Waals surface area contributed by atoms with E-state index in [1.165, 1.54) is 18.2 Å². The number of halogens is 4. The summed E-state index contributed by atoms with van der Waals surface area (Å²) in [6, 6.07) is 8.00. The van der Waals surface area contributed by atoms with Crippen LogP contribution in [-0.4, -0.2) is 12.5 Å². The lowest BCUT2D eigenvalue weighted by molar-refractivity contribution is -0.114. The third kappa shape index (κ3) is 4.06. The minimum absolute atomic E-state index is 0.271. The molecule has 1 amide bonds. The molecule has 2 aromatic carbocycles. The van der Waals surface area contributed by atoms with Gasteiger partial charge in [-0.05, 0) is 30.3 Å². The van der Waals surface area contributed by atoms with Gasteiger partial charge in [-0.1, -0.05) is 29.3 Å². The number of nitrogens with one attached hydrogen (secondary N) is 2. The molecule has 0 saturated carbocycles. The zero-order valence-corrected chi connectivity index (χ0v) is 12.1. The molecule has 0 aliphatic carbocycles. The van der Waals surface area contributed by atoms with Crippen LogP contribution in [0.5, 0.6) is 0 Å². The standard InChI is InChI=1S/C14H10Cl2F2N2O/c15-8-4-5-12(9(16)6-8)20-13(21)7-19-14-10(17)2-1-3-11(14)18/h1-6,19H,7H2,(H,20,21). The van der Waals surface area contributed by atoms with E-state index in [-0.39, 0.29) is 17.3 Å². The van der Waals surface area contributed by atoms with Crippen molar-refractivity contribution >= 4 is 40.5 Å². The molecule has 0 bridgehead atoms. The van der Waals surface area contributed by atoms with Gasteiger partial charge >= 0.3 is 0 Å². The van der Waals surface area contributed by atoms with Gasteiger partial charge in [-0.15, -0.1) is 0 Å². The lowest BCUT2D eigenvalue weighted by Crippen LogP contribution is -2.22. The lowest BCUT2D eigenvalue weighted by atomic mass is 10.3. The van der Waals surface area contributed by atoms with Gasteiger partial charge in [0.05, 0.1) is 17.3 Å². The summed E-state index contributed by atoms with van der Waals surface area (Å²) in [4.78, 5) is 11.7. The summed E-state index contributed by atoms with van der Waals surface area (Å²) in [5.41, 5.74) is 0.0109. The number of amides is 1. The Kier molecular flexibility index (Phi) is 4.98. The smallest absolute Gasteiger partial charge is 0.243 e. The van der Waals surface area contributed by atoms with E-state index < -0.39 is 17.5 Å². The van der Waals surface area contributed by atoms with E-state index in [1.54, 1.807) is 6.07 Å². The molecule has 0 radical (unpaired) electrons. The summed E-state index contributed by atoms with van der Waals surface area (Å²) in [7, 11) is 0. The predicted octanol–water partition coefficient (Wildman–Crippen LogP) is 4.32. The Morgan fingerprint density at radius 1 is 1.10 bits per heavy atom. The van der Waals surface area contributed by atoms with Crippen LogP contribution in [0.2, 0.25) is 10.0 Å². The summed E-state index contributed by atoms with van der Waals surface area (Å²) in [5, 5.41) is 5.62. The SMILES string of the molecule is O=C(CNc1c(F)cccc1F)Nc1ccc(Cl)cc1Cl. The van der Waals surface area contributed by atoms with E-state index in [9.17, 15) is 13.6 Å². The molecule has 0 aliphatic heterocycles. The molecule has 0 atom stereocenters. The molecule has 0 spiro atoms. The topological polar surface area (TPSA) is 41.1 Å². The monoisotopic (exact) mass is 330 g/mol. The highest BCUT2D eigenvalue weighted by Crippen LogP contribution is 2.25. The second kappa shape index (κ2) is 6.74. The van der Waals surface area contributed by atoms with Crippen LogP contribution >= 0.6 is 23.2 Å². The van der Waals surface area contributed by atoms with Crippen LogP contribution in [0.4, 0.5) is 20.2 Å². The molecular formula is C14H10Cl2F2N2O. The van der Waals surface area contributed by atoms with Crippen LogP contribution < -0.4 is 10.6 Å². The highest BCUT2D eigenvalue weighted by Gasteiger charge is 2.11. The molecule has 21 heavy (non-hydrogen) atoms. The molecule has 0 aliphatic rings. The molecule has 0 heterocycles. The zero-order chi connectivity index (χ0) is 15.4. The molecule has 0 aromatic heterocycles. The van der Waals surface area contributed by atoms with E-state index in [4.69, 9.17) is 23.2 Å². The quantitative estimate of drug-likeness (QED) is 0.876. The van der Waals surface area contributed by atoms with Gasteiger partial charge < -0.3 is 10.6 Å². The third-order valence-electron chi connectivity index (χ3n) is 2.59. The maximum Gasteiger partial charge on any atom is 0.243 e. The second-order valence-corrected chi connectivity index (χ2v) is 4.97. The van der Waals surface area contributed by atoms with E-state index >= 15 is 0 Å². The number of hydrogen-bond acceptors (Lipinski definition) is 2. The van der Waals surface area contributed by atoms with Crippen LogP contribution in [0, 0.1) is 11.6 Å². The Bertz CT molecular complexity index is 660. The minimum Gasteiger partial charge on any atom is -0.371 e. The number of para-hydroxylation sites is 1. The number of rotatable bonds is 4. The van der Waals surface area contributed by atoms with Gasteiger partial charge in [0.15, 0.2) is 0 Å². The van der Waals surface area contributed by atoms with Crippen molar-refractivity contribution in [1.29, 1.82) is 0 Å². The van der Waals surface area contributed by atoms with Crippen LogP contribution in [0.15, 0.2) is 36.4 Å². The van der Waals surface area contributed by atoms with E-state index in [1.807, 2.05) is 0 Å². The van der Waals surface area contributed by atoms with E-state index in [2.05, 4.69) is 10.6 Å². The van der Waals surface area contributed by atoms with Crippen molar-refractivity contribution in [2.75, 3.05) is 17.2 Å². The molecular weight excluding hydrogens is 321 g/mol. The van der Waals surface area contributed by atoms with Crippen LogP contribution in [0.3, 0.4) is 0 Å². The predicted molar refractivity (Wildman–Crippen MR) is 79.9 cm³/mol. The van der Waals surface area contributed by atoms with Crippen molar-refractivity contribution in [3.05, 3.63) is 58.1 Å². The maximum absolute atomic E-state index is 13.4. The molecule has 110 valence electrons. The number of hydrogen-bond donors (Lipinski definition) is 2. The van der Waals surface area contributed by atoms with Crippen molar-refractivity contribution in [2.45, 2.75) is 0 Å². The van der Waals surface area contributed by atoms with E-state index in [0.717, 1.165) is 12.1 Å². The fraction of sp³-hybridized carbons (Fsp3) is 0.0714. The molecule has 7 heteroatoms. The molecule has 2 rings (SSSR count). The van der Waals surface area contributed by atoms with Crippen LogP contribution in [0.1, 0.15) is 0 Å². The van der Waals surface area contributed by atoms with Crippen molar-refractivity contribution in [2.24, 2.45) is 0 Å². The summed E-state index contributed by atoms with van der Waals surface area (Å²) in [6.07, 6.45) is 0. The second-order valence-electron chi connectivity index (χ2n) is 4.12. The number of carbonyl (C=O) groups excluding carboxylic acids is 1. The lowest BCUT2D eigenvalue weighted by Gasteiger charge is -2.10. The highest BCUT2D eigenvalue weighted by atomic mass is 35.5. The Morgan fingerprint density at radius 2 is 1.76 bits per heavy atom. The summed E-state index contributed by atoms with van der Waals surface area (Å²) < 4.78 is 26.7. The molecule has 0 fully saturated rings. The van der Waals surface area contributed by atoms with Crippen molar-refractivity contribution in [1.82, 2.24) is 0 Å². The Labute approximate surface area is 129 Å². The first-order valence-electron chi connectivity index (χ1n) is 5.90. The summed E-state index contributed by atoms with van der Waals surface area (Å²) in [5.74, 6) is -2.04. The zero-order valence-electron chi connectivity index (χ0n) is 10.6. The van der Waals surface area contributed by atoms with Crippen molar-refractivity contribution in [3.63, 3.8) is 0 Å². The van der Waals surface area contributed by atoms with Crippen LogP contribution in [0.25, 0.3) is 0 Å². The van der Waals surface area contributed by atoms with Crippen LogP contribution in [-0.2, 0) is 4.79 Å². The van der Waals surface area contributed by atoms with E-state index in [0.29, 0.717) is 10.7 Å². The molecule has 2 aromatic rings. The largest absolute Gasteiger partial charge is 0.371 e. The van der Waals surface area contributed by atoms with Gasteiger partial charge in [-0.3, -0.25) is 4.79 Å². The minimum atomic E-state index is -0.771. The summed E-state index contributed by atoms with van der Waals surface area (Å²) >= 11 is 11.6. The number of benzene rings is 2. The highest BCUT2D eigenvalue weighted by molar-refractivity contribution is 6.36. The Hall–Kier alpha value is -1.85. The van der Waals surface area contributed by atoms with Crippen molar-refractivity contribution < 1.29 is 13.6 Å². The first-order chi connectivity index (χ1) is 9.97. The molecule has 0 unspecified atom stereocenters. The fourth-order valence-corrected chi connectivity index (χ4v) is 2.08. The first-order valence-corrected chi connectivity index (χ1v) is 6.66. The molecule has 2 N–H and O–H groups in total. The number of anilines is 2. The van der Waals surface area contributed by atoms with Gasteiger partial charge in [-0.25, -0.2) is 8.78 Å². The Morgan fingerprint density at radius 3 is 2.38 bits per heavy atom. The summed E-state index contributed by atoms with van der Waals surface area (Å²) in [6.45, 7) is -0.309. The van der Waals surface area contributed by atoms with Gasteiger partial charge in [0.25, 0.3) is 0 Å². The normalized spacial score (nSPS) is 10.3. The fourth-order valence-electron chi connectivity index (χ4n) is 1.62. The average molecular weight is 331 g/mol.